The van der Waals surface area contributed by atoms with Gasteiger partial charge in [-0.25, -0.2) is 4.98 Å². The molecule has 4 rings (SSSR count). The molecule has 0 unspecified atom stereocenters. The Kier molecular flexibility index (Phi) is 4.73. The molecule has 2 heterocycles. The molecule has 0 saturated carbocycles. The summed E-state index contributed by atoms with van der Waals surface area (Å²) in [7, 11) is 2.09. The number of aromatic nitrogens is 1. The number of pyridine rings is 1. The van der Waals surface area contributed by atoms with Gasteiger partial charge in [0.15, 0.2) is 0 Å². The molecule has 26 heavy (non-hydrogen) atoms. The Labute approximate surface area is 154 Å². The average molecular weight is 345 g/mol. The van der Waals surface area contributed by atoms with E-state index in [0.29, 0.717) is 5.88 Å². The van der Waals surface area contributed by atoms with Crippen LogP contribution in [-0.4, -0.2) is 25.1 Å². The first kappa shape index (κ1) is 16.5. The van der Waals surface area contributed by atoms with E-state index in [0.717, 1.165) is 24.5 Å². The van der Waals surface area contributed by atoms with Crippen molar-refractivity contribution >= 4 is 17.1 Å². The van der Waals surface area contributed by atoms with Gasteiger partial charge in [0.05, 0.1) is 0 Å². The second-order valence-electron chi connectivity index (χ2n) is 6.54. The third-order valence-electron chi connectivity index (χ3n) is 4.77. The zero-order chi connectivity index (χ0) is 17.8. The van der Waals surface area contributed by atoms with Crippen molar-refractivity contribution in [1.82, 2.24) is 4.98 Å². The maximum atomic E-state index is 5.77. The predicted octanol–water partition coefficient (Wildman–Crippen LogP) is 5.24. The Morgan fingerprint density at radius 3 is 2.42 bits per heavy atom. The molecule has 0 bridgehead atoms. The lowest BCUT2D eigenvalue weighted by Gasteiger charge is -2.23. The molecule has 4 nitrogen and oxygen atoms in total. The van der Waals surface area contributed by atoms with Gasteiger partial charge in [-0.2, -0.15) is 0 Å². The monoisotopic (exact) mass is 345 g/mol. The number of ether oxygens (including phenoxy) is 1. The Hall–Kier alpha value is -3.01. The van der Waals surface area contributed by atoms with Gasteiger partial charge >= 0.3 is 0 Å². The molecule has 132 valence electrons. The van der Waals surface area contributed by atoms with Crippen molar-refractivity contribution in [3.63, 3.8) is 0 Å². The highest BCUT2D eigenvalue weighted by Gasteiger charge is 2.13. The Bertz CT molecular complexity index is 843. The molecule has 0 spiro atoms. The first-order valence-electron chi connectivity index (χ1n) is 9.07. The first-order chi connectivity index (χ1) is 12.8. The molecule has 1 aliphatic rings. The Balaban J connectivity index is 1.49. The lowest BCUT2D eigenvalue weighted by atomic mass is 10.2. The first-order valence-corrected chi connectivity index (χ1v) is 9.07. The van der Waals surface area contributed by atoms with Gasteiger partial charge in [-0.05, 0) is 61.4 Å². The van der Waals surface area contributed by atoms with E-state index in [1.165, 1.54) is 24.2 Å². The summed E-state index contributed by atoms with van der Waals surface area (Å²) in [6.07, 6.45) is 4.31. The van der Waals surface area contributed by atoms with E-state index in [1.54, 1.807) is 6.20 Å². The molecule has 0 N–H and O–H groups in total. The summed E-state index contributed by atoms with van der Waals surface area (Å²) in [5, 5.41) is 0. The van der Waals surface area contributed by atoms with Gasteiger partial charge in [0.2, 0.25) is 5.88 Å². The summed E-state index contributed by atoms with van der Waals surface area (Å²) in [5.74, 6) is 1.39. The van der Waals surface area contributed by atoms with Crippen molar-refractivity contribution < 1.29 is 4.74 Å². The molecule has 0 radical (unpaired) electrons. The molecular weight excluding hydrogens is 322 g/mol. The van der Waals surface area contributed by atoms with Gasteiger partial charge in [0.1, 0.15) is 5.75 Å². The Morgan fingerprint density at radius 1 is 0.885 bits per heavy atom. The minimum atomic E-state index is 0.604. The molecule has 1 aromatic heterocycles. The predicted molar refractivity (Wildman–Crippen MR) is 107 cm³/mol. The van der Waals surface area contributed by atoms with Crippen LogP contribution in [-0.2, 0) is 0 Å². The molecule has 1 fully saturated rings. The van der Waals surface area contributed by atoms with Crippen LogP contribution in [0.15, 0.2) is 72.9 Å². The summed E-state index contributed by atoms with van der Waals surface area (Å²) in [4.78, 5) is 8.85. The molecular formula is C22H23N3O. The molecule has 1 aliphatic heterocycles. The standard InChI is InChI=1S/C22H23N3O/c1-24(19-7-6-8-20(17-19)25-15-4-5-16-25)18-10-12-21(13-11-18)26-22-9-2-3-14-23-22/h2-3,6-14,17H,4-5,15-16H2,1H3. The summed E-state index contributed by atoms with van der Waals surface area (Å²) >= 11 is 0. The van der Waals surface area contributed by atoms with Crippen LogP contribution in [0.2, 0.25) is 0 Å². The molecule has 2 aromatic carbocycles. The maximum absolute atomic E-state index is 5.77. The highest BCUT2D eigenvalue weighted by Crippen LogP contribution is 2.30. The van der Waals surface area contributed by atoms with Crippen LogP contribution in [0, 0.1) is 0 Å². The lowest BCUT2D eigenvalue weighted by Crippen LogP contribution is -2.18. The summed E-state index contributed by atoms with van der Waals surface area (Å²) in [6, 6.07) is 22.5. The summed E-state index contributed by atoms with van der Waals surface area (Å²) in [5.41, 5.74) is 3.62. The van der Waals surface area contributed by atoms with Crippen LogP contribution in [0.5, 0.6) is 11.6 Å². The molecule has 1 saturated heterocycles. The summed E-state index contributed by atoms with van der Waals surface area (Å²) in [6.45, 7) is 2.32. The van der Waals surface area contributed by atoms with E-state index in [4.69, 9.17) is 4.74 Å². The second kappa shape index (κ2) is 7.48. The van der Waals surface area contributed by atoms with Crippen LogP contribution in [0.1, 0.15) is 12.8 Å². The van der Waals surface area contributed by atoms with E-state index in [1.807, 2.05) is 30.3 Å². The molecule has 0 aliphatic carbocycles. The fourth-order valence-corrected chi connectivity index (χ4v) is 3.29. The number of nitrogens with zero attached hydrogens (tertiary/aromatic N) is 3. The van der Waals surface area contributed by atoms with E-state index >= 15 is 0 Å². The second-order valence-corrected chi connectivity index (χ2v) is 6.54. The minimum Gasteiger partial charge on any atom is -0.439 e. The van der Waals surface area contributed by atoms with Gasteiger partial charge in [-0.15, -0.1) is 0 Å². The van der Waals surface area contributed by atoms with Crippen molar-refractivity contribution in [2.75, 3.05) is 29.9 Å². The van der Waals surface area contributed by atoms with E-state index in [2.05, 4.69) is 58.2 Å². The van der Waals surface area contributed by atoms with Crippen molar-refractivity contribution in [3.8, 4) is 11.6 Å². The number of hydrogen-bond donors (Lipinski definition) is 0. The topological polar surface area (TPSA) is 28.6 Å². The van der Waals surface area contributed by atoms with Gasteiger partial charge in [0.25, 0.3) is 0 Å². The van der Waals surface area contributed by atoms with Crippen LogP contribution in [0.4, 0.5) is 17.1 Å². The lowest BCUT2D eigenvalue weighted by molar-refractivity contribution is 0.463. The van der Waals surface area contributed by atoms with E-state index in [9.17, 15) is 0 Å². The van der Waals surface area contributed by atoms with Crippen LogP contribution in [0.25, 0.3) is 0 Å². The van der Waals surface area contributed by atoms with E-state index < -0.39 is 0 Å². The number of rotatable bonds is 5. The fraction of sp³-hybridized carbons (Fsp3) is 0.227. The fourth-order valence-electron chi connectivity index (χ4n) is 3.29. The normalized spacial score (nSPS) is 13.7. The number of hydrogen-bond acceptors (Lipinski definition) is 4. The maximum Gasteiger partial charge on any atom is 0.219 e. The third-order valence-corrected chi connectivity index (χ3v) is 4.77. The quantitative estimate of drug-likeness (QED) is 0.632. The van der Waals surface area contributed by atoms with Crippen molar-refractivity contribution in [2.24, 2.45) is 0 Å². The largest absolute Gasteiger partial charge is 0.439 e. The van der Waals surface area contributed by atoms with Crippen LogP contribution < -0.4 is 14.5 Å². The third kappa shape index (κ3) is 3.64. The average Bonchev–Trinajstić information content (AvgIpc) is 3.24. The molecule has 3 aromatic rings. The smallest absolute Gasteiger partial charge is 0.219 e. The van der Waals surface area contributed by atoms with Gasteiger partial charge in [-0.3, -0.25) is 0 Å². The van der Waals surface area contributed by atoms with Crippen molar-refractivity contribution in [3.05, 3.63) is 72.9 Å². The zero-order valence-corrected chi connectivity index (χ0v) is 15.0. The van der Waals surface area contributed by atoms with E-state index in [-0.39, 0.29) is 0 Å². The van der Waals surface area contributed by atoms with Crippen LogP contribution in [0.3, 0.4) is 0 Å². The number of anilines is 3. The van der Waals surface area contributed by atoms with Crippen molar-refractivity contribution in [1.29, 1.82) is 0 Å². The van der Waals surface area contributed by atoms with Gasteiger partial charge in [0, 0.05) is 49.5 Å². The molecule has 0 amide bonds. The Morgan fingerprint density at radius 2 is 1.69 bits per heavy atom. The highest BCUT2D eigenvalue weighted by molar-refractivity contribution is 5.67. The SMILES string of the molecule is CN(c1ccc(Oc2ccccn2)cc1)c1cccc(N2CCCC2)c1. The van der Waals surface area contributed by atoms with Crippen molar-refractivity contribution in [2.45, 2.75) is 12.8 Å². The molecule has 4 heteroatoms. The van der Waals surface area contributed by atoms with Gasteiger partial charge < -0.3 is 14.5 Å². The summed E-state index contributed by atoms with van der Waals surface area (Å²) < 4.78 is 5.77. The minimum absolute atomic E-state index is 0.604. The highest BCUT2D eigenvalue weighted by atomic mass is 16.5. The van der Waals surface area contributed by atoms with Crippen LogP contribution >= 0.6 is 0 Å². The van der Waals surface area contributed by atoms with Gasteiger partial charge in [-0.1, -0.05) is 12.1 Å². The molecule has 0 atom stereocenters. The zero-order valence-electron chi connectivity index (χ0n) is 15.0. The number of benzene rings is 2.